The highest BCUT2D eigenvalue weighted by Crippen LogP contribution is 2.28. The Morgan fingerprint density at radius 1 is 1.03 bits per heavy atom. The number of hydrogen-bond acceptors (Lipinski definition) is 4. The molecule has 158 valence electrons. The van der Waals surface area contributed by atoms with Gasteiger partial charge in [0.1, 0.15) is 12.4 Å². The normalized spacial score (nSPS) is 15.6. The molecular weight excluding hydrogens is 405 g/mol. The Kier molecular flexibility index (Phi) is 5.62. The first-order valence-corrected chi connectivity index (χ1v) is 11.5. The van der Waals surface area contributed by atoms with Crippen LogP contribution in [0, 0.1) is 5.82 Å². The van der Waals surface area contributed by atoms with Gasteiger partial charge in [-0.15, -0.1) is 0 Å². The van der Waals surface area contributed by atoms with Gasteiger partial charge in [0.15, 0.2) is 9.84 Å². The van der Waals surface area contributed by atoms with Crippen LogP contribution in [0.5, 0.6) is 0 Å². The number of aromatic nitrogens is 1. The monoisotopic (exact) mass is 429 g/mol. The summed E-state index contributed by atoms with van der Waals surface area (Å²) in [6.45, 7) is 3.06. The lowest BCUT2D eigenvalue weighted by Gasteiger charge is -2.32. The standard InChI is InChI=1S/C22H24FN3O3S/c1-24-9-11-25(12-10-24)22(27)15-26-14-21(19-7-2-3-8-20(19)26)30(28,29)16-17-5-4-6-18(23)13-17/h2-8,13-14H,9-12,15-16H2,1H3. The number of carbonyl (C=O) groups is 1. The molecule has 0 saturated carbocycles. The number of piperazine rings is 1. The van der Waals surface area contributed by atoms with Crippen LogP contribution in [0.1, 0.15) is 5.56 Å². The second-order valence-electron chi connectivity index (χ2n) is 7.71. The Morgan fingerprint density at radius 2 is 1.77 bits per heavy atom. The summed E-state index contributed by atoms with van der Waals surface area (Å²) in [6.07, 6.45) is 1.53. The Balaban J connectivity index is 1.64. The van der Waals surface area contributed by atoms with Crippen LogP contribution < -0.4 is 0 Å². The molecule has 0 atom stereocenters. The minimum atomic E-state index is -3.72. The quantitative estimate of drug-likeness (QED) is 0.625. The minimum absolute atomic E-state index is 0.0297. The Hall–Kier alpha value is -2.71. The number of hydrogen-bond donors (Lipinski definition) is 0. The number of likely N-dealkylation sites (N-methyl/N-ethyl adjacent to an activating group) is 1. The van der Waals surface area contributed by atoms with Crippen molar-refractivity contribution in [2.45, 2.75) is 17.2 Å². The van der Waals surface area contributed by atoms with E-state index in [9.17, 15) is 17.6 Å². The topological polar surface area (TPSA) is 62.6 Å². The molecule has 2 heterocycles. The van der Waals surface area contributed by atoms with E-state index in [1.807, 2.05) is 24.1 Å². The fourth-order valence-electron chi connectivity index (χ4n) is 3.82. The lowest BCUT2D eigenvalue weighted by molar-refractivity contribution is -0.133. The summed E-state index contributed by atoms with van der Waals surface area (Å²) < 4.78 is 41.5. The van der Waals surface area contributed by atoms with Crippen molar-refractivity contribution in [1.82, 2.24) is 14.4 Å². The van der Waals surface area contributed by atoms with Crippen molar-refractivity contribution in [3.63, 3.8) is 0 Å². The number of fused-ring (bicyclic) bond motifs is 1. The summed E-state index contributed by atoms with van der Waals surface area (Å²) in [5.41, 5.74) is 1.08. The summed E-state index contributed by atoms with van der Waals surface area (Å²) in [5.74, 6) is -0.800. The molecule has 1 fully saturated rings. The molecular formula is C22H24FN3O3S. The van der Waals surface area contributed by atoms with Crippen molar-refractivity contribution in [2.75, 3.05) is 33.2 Å². The number of sulfone groups is 1. The Morgan fingerprint density at radius 3 is 2.50 bits per heavy atom. The molecule has 3 aromatic rings. The van der Waals surface area contributed by atoms with Crippen LogP contribution in [0.15, 0.2) is 59.6 Å². The maximum Gasteiger partial charge on any atom is 0.242 e. The highest BCUT2D eigenvalue weighted by atomic mass is 32.2. The zero-order chi connectivity index (χ0) is 21.3. The molecule has 1 aliphatic rings. The van der Waals surface area contributed by atoms with Crippen molar-refractivity contribution >= 4 is 26.6 Å². The van der Waals surface area contributed by atoms with Gasteiger partial charge < -0.3 is 14.4 Å². The summed E-state index contributed by atoms with van der Waals surface area (Å²) in [7, 11) is -1.70. The van der Waals surface area contributed by atoms with Gasteiger partial charge in [-0.25, -0.2) is 12.8 Å². The second kappa shape index (κ2) is 8.20. The molecule has 0 N–H and O–H groups in total. The van der Waals surface area contributed by atoms with E-state index < -0.39 is 15.7 Å². The zero-order valence-electron chi connectivity index (χ0n) is 16.8. The molecule has 2 aromatic carbocycles. The molecule has 0 aliphatic carbocycles. The maximum atomic E-state index is 13.5. The van der Waals surface area contributed by atoms with E-state index in [2.05, 4.69) is 4.90 Å². The third-order valence-corrected chi connectivity index (χ3v) is 7.20. The van der Waals surface area contributed by atoms with E-state index in [1.54, 1.807) is 22.8 Å². The van der Waals surface area contributed by atoms with Crippen molar-refractivity contribution in [3.8, 4) is 0 Å². The molecule has 0 radical (unpaired) electrons. The maximum absolute atomic E-state index is 13.5. The van der Waals surface area contributed by atoms with Gasteiger partial charge >= 0.3 is 0 Å². The molecule has 1 aromatic heterocycles. The molecule has 1 saturated heterocycles. The van der Waals surface area contributed by atoms with Gasteiger partial charge in [-0.1, -0.05) is 30.3 Å². The largest absolute Gasteiger partial charge is 0.339 e. The average Bonchev–Trinajstić information content (AvgIpc) is 3.08. The van der Waals surface area contributed by atoms with Gasteiger partial charge in [0.25, 0.3) is 0 Å². The predicted octanol–water partition coefficient (Wildman–Crippen LogP) is 2.53. The number of amides is 1. The van der Waals surface area contributed by atoms with Gasteiger partial charge in [-0.3, -0.25) is 4.79 Å². The SMILES string of the molecule is CN1CCN(C(=O)Cn2cc(S(=O)(=O)Cc3cccc(F)c3)c3ccccc32)CC1. The molecule has 30 heavy (non-hydrogen) atoms. The van der Waals surface area contributed by atoms with Crippen LogP contribution in [0.3, 0.4) is 0 Å². The number of para-hydroxylation sites is 1. The molecule has 1 aliphatic heterocycles. The first kappa shape index (κ1) is 20.6. The van der Waals surface area contributed by atoms with E-state index in [4.69, 9.17) is 0 Å². The second-order valence-corrected chi connectivity index (χ2v) is 9.67. The minimum Gasteiger partial charge on any atom is -0.339 e. The van der Waals surface area contributed by atoms with Crippen LogP contribution in [-0.4, -0.2) is 61.9 Å². The van der Waals surface area contributed by atoms with E-state index >= 15 is 0 Å². The smallest absolute Gasteiger partial charge is 0.242 e. The third-order valence-electron chi connectivity index (χ3n) is 5.49. The van der Waals surface area contributed by atoms with Crippen LogP contribution >= 0.6 is 0 Å². The van der Waals surface area contributed by atoms with Crippen LogP contribution in [0.4, 0.5) is 4.39 Å². The van der Waals surface area contributed by atoms with E-state index in [1.165, 1.54) is 24.4 Å². The highest BCUT2D eigenvalue weighted by Gasteiger charge is 2.24. The fourth-order valence-corrected chi connectivity index (χ4v) is 5.39. The number of carbonyl (C=O) groups excluding carboxylic acids is 1. The molecule has 1 amide bonds. The highest BCUT2D eigenvalue weighted by molar-refractivity contribution is 7.90. The van der Waals surface area contributed by atoms with Gasteiger partial charge in [-0.2, -0.15) is 0 Å². The van der Waals surface area contributed by atoms with Crippen LogP contribution in [0.25, 0.3) is 10.9 Å². The number of benzene rings is 2. The van der Waals surface area contributed by atoms with Gasteiger partial charge in [0.05, 0.1) is 10.6 Å². The number of halogens is 1. The van der Waals surface area contributed by atoms with E-state index in [-0.39, 0.29) is 23.1 Å². The first-order valence-electron chi connectivity index (χ1n) is 9.85. The first-order chi connectivity index (χ1) is 14.3. The van der Waals surface area contributed by atoms with Gasteiger partial charge in [-0.05, 0) is 30.8 Å². The summed E-state index contributed by atoms with van der Waals surface area (Å²) in [5, 5.41) is 0.570. The van der Waals surface area contributed by atoms with E-state index in [0.717, 1.165) is 13.1 Å². The summed E-state index contributed by atoms with van der Waals surface area (Å²) in [4.78, 5) is 16.9. The summed E-state index contributed by atoms with van der Waals surface area (Å²) in [6, 6.07) is 12.8. The average molecular weight is 430 g/mol. The molecule has 8 heteroatoms. The van der Waals surface area contributed by atoms with Crippen molar-refractivity contribution in [2.24, 2.45) is 0 Å². The zero-order valence-corrected chi connectivity index (χ0v) is 17.6. The Bertz CT molecular complexity index is 1180. The number of rotatable bonds is 5. The van der Waals surface area contributed by atoms with Crippen molar-refractivity contribution in [3.05, 3.63) is 66.1 Å². The lowest BCUT2D eigenvalue weighted by atomic mass is 10.2. The Labute approximate surface area is 175 Å². The van der Waals surface area contributed by atoms with E-state index in [0.29, 0.717) is 29.6 Å². The molecule has 0 bridgehead atoms. The lowest BCUT2D eigenvalue weighted by Crippen LogP contribution is -2.48. The molecule has 4 rings (SSSR count). The van der Waals surface area contributed by atoms with Gasteiger partial charge in [0, 0.05) is 43.3 Å². The van der Waals surface area contributed by atoms with Crippen LogP contribution in [-0.2, 0) is 26.9 Å². The van der Waals surface area contributed by atoms with Crippen molar-refractivity contribution < 1.29 is 17.6 Å². The van der Waals surface area contributed by atoms with Crippen LogP contribution in [0.2, 0.25) is 0 Å². The number of nitrogens with zero attached hydrogens (tertiary/aromatic N) is 3. The molecule has 0 spiro atoms. The third kappa shape index (κ3) is 4.24. The van der Waals surface area contributed by atoms with Gasteiger partial charge in [0.2, 0.25) is 5.91 Å². The van der Waals surface area contributed by atoms with Crippen molar-refractivity contribution in [1.29, 1.82) is 0 Å². The molecule has 0 unspecified atom stereocenters. The summed E-state index contributed by atoms with van der Waals surface area (Å²) >= 11 is 0. The predicted molar refractivity (Wildman–Crippen MR) is 113 cm³/mol. The fraction of sp³-hybridized carbons (Fsp3) is 0.318. The molecule has 6 nitrogen and oxygen atoms in total.